The fourth-order valence-electron chi connectivity index (χ4n) is 4.17. The first-order chi connectivity index (χ1) is 17.3. The highest BCUT2D eigenvalue weighted by molar-refractivity contribution is 6.28. The van der Waals surface area contributed by atoms with Crippen molar-refractivity contribution in [2.75, 3.05) is 12.4 Å². The molecule has 0 bridgehead atoms. The summed E-state index contributed by atoms with van der Waals surface area (Å²) in [5.74, 6) is -2.28. The molecule has 1 aliphatic rings. The number of rotatable bonds is 11. The van der Waals surface area contributed by atoms with Gasteiger partial charge in [0.1, 0.15) is 11.6 Å². The van der Waals surface area contributed by atoms with E-state index in [4.69, 9.17) is 16.3 Å². The zero-order chi connectivity index (χ0) is 27.8. The Balaban J connectivity index is 1.99. The molecule has 0 spiro atoms. The van der Waals surface area contributed by atoms with Crippen LogP contribution in [0.25, 0.3) is 0 Å². The number of carbonyl (C=O) groups excluding carboxylic acids is 5. The average Bonchev–Trinajstić information content (AvgIpc) is 3.32. The molecule has 1 heterocycles. The largest absolute Gasteiger partial charge is 0.444 e. The molecule has 37 heavy (non-hydrogen) atoms. The summed E-state index contributed by atoms with van der Waals surface area (Å²) in [7, 11) is 0. The summed E-state index contributed by atoms with van der Waals surface area (Å²) in [6.45, 7) is 8.71. The summed E-state index contributed by atoms with van der Waals surface area (Å²) < 4.78 is 5.17. The molecule has 2 N–H and O–H groups in total. The third-order valence-electron chi connectivity index (χ3n) is 6.10. The Bertz CT molecular complexity index is 978. The van der Waals surface area contributed by atoms with Crippen LogP contribution < -0.4 is 10.6 Å². The number of hydrogen-bond acceptors (Lipinski definition) is 6. The first-order valence-electron chi connectivity index (χ1n) is 12.6. The lowest BCUT2D eigenvalue weighted by atomic mass is 9.99. The lowest BCUT2D eigenvalue weighted by molar-refractivity contribution is -0.143. The number of amides is 3. The molecule has 1 saturated heterocycles. The number of alkyl halides is 1. The van der Waals surface area contributed by atoms with Gasteiger partial charge in [0.15, 0.2) is 11.6 Å². The number of carbonyl (C=O) groups is 5. The lowest BCUT2D eigenvalue weighted by Gasteiger charge is -2.28. The second kappa shape index (κ2) is 13.6. The standard InChI is InChI=1S/C27H38ClN3O6/c1-17(14-22(32)18(2)29-26(36)37-27(3,4)5)25(35)31-13-9-12-21(31)24(34)30-20(23(33)16-28)15-19-10-7-6-8-11-19/h6-8,10-11,17-18,20-21H,9,12-16H2,1-5H3,(H,29,36)(H,30,34)/t17-,18-,20?,21+/m1/s1. The minimum Gasteiger partial charge on any atom is -0.444 e. The van der Waals surface area contributed by atoms with E-state index in [-0.39, 0.29) is 29.8 Å². The van der Waals surface area contributed by atoms with Crippen LogP contribution in [0, 0.1) is 5.92 Å². The first-order valence-corrected chi connectivity index (χ1v) is 13.1. The van der Waals surface area contributed by atoms with Crippen molar-refractivity contribution in [2.24, 2.45) is 5.92 Å². The van der Waals surface area contributed by atoms with Crippen molar-refractivity contribution in [3.05, 3.63) is 35.9 Å². The van der Waals surface area contributed by atoms with Crippen molar-refractivity contribution in [3.63, 3.8) is 0 Å². The van der Waals surface area contributed by atoms with E-state index in [2.05, 4.69) is 10.6 Å². The van der Waals surface area contributed by atoms with Crippen molar-refractivity contribution >= 4 is 41.1 Å². The number of hydrogen-bond donors (Lipinski definition) is 2. The van der Waals surface area contributed by atoms with E-state index in [0.29, 0.717) is 25.8 Å². The van der Waals surface area contributed by atoms with Crippen molar-refractivity contribution in [1.29, 1.82) is 0 Å². The van der Waals surface area contributed by atoms with Gasteiger partial charge < -0.3 is 20.3 Å². The number of halogens is 1. The van der Waals surface area contributed by atoms with E-state index in [1.807, 2.05) is 30.3 Å². The van der Waals surface area contributed by atoms with Crippen LogP contribution in [-0.4, -0.2) is 70.5 Å². The summed E-state index contributed by atoms with van der Waals surface area (Å²) in [5.41, 5.74) is 0.183. The molecule has 2 rings (SSSR count). The van der Waals surface area contributed by atoms with E-state index >= 15 is 0 Å². The zero-order valence-electron chi connectivity index (χ0n) is 22.2. The molecule has 0 aliphatic carbocycles. The molecule has 0 aromatic heterocycles. The number of likely N-dealkylation sites (tertiary alicyclic amines) is 1. The molecule has 3 amide bonds. The SMILES string of the molecule is C[C@H](CC(=O)[C@@H](C)NC(=O)OC(C)(C)C)C(=O)N1CCC[C@H]1C(=O)NC(Cc1ccccc1)C(=O)CCl. The fraction of sp³-hybridized carbons (Fsp3) is 0.593. The zero-order valence-corrected chi connectivity index (χ0v) is 23.0. The van der Waals surface area contributed by atoms with Gasteiger partial charge in [-0.15, -0.1) is 11.6 Å². The number of ketones is 2. The van der Waals surface area contributed by atoms with Crippen molar-refractivity contribution < 1.29 is 28.7 Å². The van der Waals surface area contributed by atoms with Crippen LogP contribution >= 0.6 is 11.6 Å². The van der Waals surface area contributed by atoms with Gasteiger partial charge in [-0.25, -0.2) is 4.79 Å². The third kappa shape index (κ3) is 9.46. The van der Waals surface area contributed by atoms with Gasteiger partial charge in [0.05, 0.1) is 18.0 Å². The van der Waals surface area contributed by atoms with Gasteiger partial charge in [-0.05, 0) is 52.5 Å². The highest BCUT2D eigenvalue weighted by Crippen LogP contribution is 2.22. The molecule has 204 valence electrons. The highest BCUT2D eigenvalue weighted by atomic mass is 35.5. The predicted octanol–water partition coefficient (Wildman–Crippen LogP) is 3.02. The Hall–Kier alpha value is -2.94. The summed E-state index contributed by atoms with van der Waals surface area (Å²) in [6, 6.07) is 6.93. The van der Waals surface area contributed by atoms with Crippen LogP contribution in [0.5, 0.6) is 0 Å². The smallest absolute Gasteiger partial charge is 0.408 e. The number of alkyl carbamates (subject to hydrolysis) is 1. The molecule has 1 aromatic carbocycles. The number of benzene rings is 1. The van der Waals surface area contributed by atoms with Crippen LogP contribution in [0.1, 0.15) is 59.4 Å². The maximum Gasteiger partial charge on any atom is 0.408 e. The maximum atomic E-state index is 13.2. The molecule has 10 heteroatoms. The Labute approximate surface area is 223 Å². The summed E-state index contributed by atoms with van der Waals surface area (Å²) in [4.78, 5) is 64.8. The van der Waals surface area contributed by atoms with Gasteiger partial charge in [0.25, 0.3) is 0 Å². The van der Waals surface area contributed by atoms with E-state index in [9.17, 15) is 24.0 Å². The van der Waals surface area contributed by atoms with Crippen LogP contribution in [0.4, 0.5) is 4.79 Å². The maximum absolute atomic E-state index is 13.2. The third-order valence-corrected chi connectivity index (χ3v) is 6.37. The Kier molecular flexibility index (Phi) is 11.1. The fourth-order valence-corrected chi connectivity index (χ4v) is 4.36. The molecule has 1 fully saturated rings. The molecule has 1 aromatic rings. The average molecular weight is 536 g/mol. The van der Waals surface area contributed by atoms with E-state index in [1.165, 1.54) is 11.8 Å². The minimum atomic E-state index is -0.830. The van der Waals surface area contributed by atoms with Crippen LogP contribution in [-0.2, 0) is 30.3 Å². The van der Waals surface area contributed by atoms with Crippen molar-refractivity contribution in [1.82, 2.24) is 15.5 Å². The number of nitrogens with one attached hydrogen (secondary N) is 2. The lowest BCUT2D eigenvalue weighted by Crippen LogP contribution is -2.52. The summed E-state index contributed by atoms with van der Waals surface area (Å²) in [6.07, 6.45) is 0.588. The van der Waals surface area contributed by atoms with Gasteiger partial charge in [0, 0.05) is 18.9 Å². The molecule has 9 nitrogen and oxygen atoms in total. The molecule has 1 aliphatic heterocycles. The quantitative estimate of drug-likeness (QED) is 0.420. The molecule has 0 saturated carbocycles. The molecule has 0 radical (unpaired) electrons. The van der Waals surface area contributed by atoms with Gasteiger partial charge in [-0.3, -0.25) is 19.2 Å². The van der Waals surface area contributed by atoms with Crippen molar-refractivity contribution in [2.45, 2.75) is 84.0 Å². The minimum absolute atomic E-state index is 0.0952. The normalized spacial score (nSPS) is 17.9. The number of nitrogens with zero attached hydrogens (tertiary/aromatic N) is 1. The second-order valence-electron chi connectivity index (χ2n) is 10.5. The Morgan fingerprint density at radius 2 is 1.70 bits per heavy atom. The van der Waals surface area contributed by atoms with E-state index in [0.717, 1.165) is 5.56 Å². The molecule has 4 atom stereocenters. The van der Waals surface area contributed by atoms with Crippen LogP contribution in [0.15, 0.2) is 30.3 Å². The number of Topliss-reactive ketones (excluding diaryl/α,β-unsaturated/α-hetero) is 2. The van der Waals surface area contributed by atoms with Gasteiger partial charge in [0.2, 0.25) is 11.8 Å². The summed E-state index contributed by atoms with van der Waals surface area (Å²) in [5, 5.41) is 5.28. The van der Waals surface area contributed by atoms with Gasteiger partial charge in [-0.2, -0.15) is 0 Å². The van der Waals surface area contributed by atoms with Gasteiger partial charge in [-0.1, -0.05) is 37.3 Å². The summed E-state index contributed by atoms with van der Waals surface area (Å²) >= 11 is 5.78. The molecular weight excluding hydrogens is 498 g/mol. The van der Waals surface area contributed by atoms with E-state index < -0.39 is 41.6 Å². The van der Waals surface area contributed by atoms with Crippen LogP contribution in [0.3, 0.4) is 0 Å². The van der Waals surface area contributed by atoms with E-state index in [1.54, 1.807) is 27.7 Å². The first kappa shape index (κ1) is 30.3. The molecular formula is C27H38ClN3O6. The highest BCUT2D eigenvalue weighted by Gasteiger charge is 2.38. The number of ether oxygens (including phenoxy) is 1. The monoisotopic (exact) mass is 535 g/mol. The topological polar surface area (TPSA) is 122 Å². The van der Waals surface area contributed by atoms with Gasteiger partial charge >= 0.3 is 6.09 Å². The van der Waals surface area contributed by atoms with Crippen molar-refractivity contribution in [3.8, 4) is 0 Å². The Morgan fingerprint density at radius 3 is 2.30 bits per heavy atom. The predicted molar refractivity (Wildman–Crippen MR) is 140 cm³/mol. The molecule has 1 unspecified atom stereocenters. The van der Waals surface area contributed by atoms with Crippen LogP contribution in [0.2, 0.25) is 0 Å². The second-order valence-corrected chi connectivity index (χ2v) is 10.7. The Morgan fingerprint density at radius 1 is 1.05 bits per heavy atom.